The highest BCUT2D eigenvalue weighted by atomic mass is 32.2. The minimum Gasteiger partial charge on any atom is -0.381 e. The lowest BCUT2D eigenvalue weighted by Crippen LogP contribution is -2.34. The molecular weight excluding hydrogens is 330 g/mol. The number of nitrogens with zero attached hydrogens (tertiary/aromatic N) is 1. The lowest BCUT2D eigenvalue weighted by molar-refractivity contribution is -0.0926. The Morgan fingerprint density at radius 3 is 2.61 bits per heavy atom. The molecule has 2 heterocycles. The Kier molecular flexibility index (Phi) is 5.16. The van der Waals surface area contributed by atoms with Crippen LogP contribution in [0.4, 0.5) is 0 Å². The summed E-state index contributed by atoms with van der Waals surface area (Å²) in [7, 11) is 1.76. The molecule has 0 saturated carbocycles. The summed E-state index contributed by atoms with van der Waals surface area (Å²) in [6.07, 6.45) is 3.65. The van der Waals surface area contributed by atoms with E-state index in [-0.39, 0.29) is 11.4 Å². The van der Waals surface area contributed by atoms with Crippen molar-refractivity contribution < 1.29 is 14.3 Å². The maximum atomic E-state index is 11.3. The topological polar surface area (TPSA) is 48.4 Å². The summed E-state index contributed by atoms with van der Waals surface area (Å²) in [5.74, 6) is 0.0830. The molecule has 0 atom stereocenters. The molecule has 6 heteroatoms. The van der Waals surface area contributed by atoms with E-state index >= 15 is 0 Å². The second kappa shape index (κ2) is 7.13. The third-order valence-corrected chi connectivity index (χ3v) is 6.36. The summed E-state index contributed by atoms with van der Waals surface area (Å²) >= 11 is 3.28. The predicted molar refractivity (Wildman–Crippen MR) is 91.4 cm³/mol. The summed E-state index contributed by atoms with van der Waals surface area (Å²) in [5, 5.41) is 0. The Balaban J connectivity index is 1.75. The highest BCUT2D eigenvalue weighted by Gasteiger charge is 2.36. The third kappa shape index (κ3) is 3.66. The van der Waals surface area contributed by atoms with Crippen molar-refractivity contribution in [1.29, 1.82) is 0 Å². The Morgan fingerprint density at radius 1 is 1.30 bits per heavy atom. The van der Waals surface area contributed by atoms with Crippen molar-refractivity contribution in [2.24, 2.45) is 0 Å². The van der Waals surface area contributed by atoms with E-state index < -0.39 is 0 Å². The lowest BCUT2D eigenvalue weighted by atomic mass is 9.93. The zero-order valence-corrected chi connectivity index (χ0v) is 14.8. The van der Waals surface area contributed by atoms with E-state index in [2.05, 4.69) is 4.98 Å². The Labute approximate surface area is 144 Å². The molecule has 2 aromatic rings. The Morgan fingerprint density at radius 2 is 2.00 bits per heavy atom. The molecule has 0 amide bonds. The number of ketones is 1. The van der Waals surface area contributed by atoms with Gasteiger partial charge in [0.2, 0.25) is 0 Å². The largest absolute Gasteiger partial charge is 0.381 e. The molecule has 0 spiro atoms. The fourth-order valence-corrected chi connectivity index (χ4v) is 4.80. The van der Waals surface area contributed by atoms with E-state index in [1.54, 1.807) is 37.1 Å². The van der Waals surface area contributed by atoms with Crippen molar-refractivity contribution in [2.45, 2.75) is 34.6 Å². The van der Waals surface area contributed by atoms with Crippen molar-refractivity contribution in [1.82, 2.24) is 4.98 Å². The maximum absolute atomic E-state index is 11.3. The number of ether oxygens (including phenoxy) is 2. The van der Waals surface area contributed by atoms with E-state index in [9.17, 15) is 4.79 Å². The number of rotatable bonds is 5. The van der Waals surface area contributed by atoms with Crippen LogP contribution in [0, 0.1) is 0 Å². The summed E-state index contributed by atoms with van der Waals surface area (Å²) in [4.78, 5) is 18.1. The van der Waals surface area contributed by atoms with Crippen LogP contribution in [0.15, 0.2) is 39.7 Å². The molecule has 1 aromatic carbocycles. The van der Waals surface area contributed by atoms with Crippen LogP contribution in [-0.4, -0.2) is 31.1 Å². The van der Waals surface area contributed by atoms with E-state index in [4.69, 9.17) is 9.47 Å². The first-order valence-corrected chi connectivity index (χ1v) is 9.14. The SMILES string of the molecule is COC1(c2cnc(Sc3ccc(C(C)=O)cc3)s2)CCOCC1. The van der Waals surface area contributed by atoms with Crippen molar-refractivity contribution in [3.63, 3.8) is 0 Å². The Hall–Kier alpha value is -1.21. The van der Waals surface area contributed by atoms with E-state index in [1.807, 2.05) is 30.5 Å². The highest BCUT2D eigenvalue weighted by Crippen LogP contribution is 2.41. The van der Waals surface area contributed by atoms with Gasteiger partial charge in [-0.1, -0.05) is 23.9 Å². The van der Waals surface area contributed by atoms with Crippen LogP contribution in [0.1, 0.15) is 35.0 Å². The molecule has 0 unspecified atom stereocenters. The molecular formula is C17H19NO3S2. The number of thiazole rings is 1. The number of aromatic nitrogens is 1. The molecule has 0 aliphatic carbocycles. The van der Waals surface area contributed by atoms with Crippen LogP contribution in [0.25, 0.3) is 0 Å². The molecule has 1 aliphatic rings. The molecule has 23 heavy (non-hydrogen) atoms. The van der Waals surface area contributed by atoms with Crippen LogP contribution in [0.3, 0.4) is 0 Å². The van der Waals surface area contributed by atoms with Crippen molar-refractivity contribution in [3.05, 3.63) is 40.9 Å². The van der Waals surface area contributed by atoms with Gasteiger partial charge in [-0.25, -0.2) is 4.98 Å². The number of carbonyl (C=O) groups is 1. The van der Waals surface area contributed by atoms with Gasteiger partial charge in [-0.15, -0.1) is 11.3 Å². The molecule has 0 bridgehead atoms. The Bertz CT molecular complexity index is 675. The first-order chi connectivity index (χ1) is 11.1. The molecule has 1 fully saturated rings. The van der Waals surface area contributed by atoms with Gasteiger partial charge in [0, 0.05) is 49.8 Å². The standard InChI is InChI=1S/C17H19NO3S2/c1-12(19)13-3-5-14(6-4-13)22-16-18-11-15(23-16)17(20-2)7-9-21-10-8-17/h3-6,11H,7-10H2,1-2H3. The van der Waals surface area contributed by atoms with Crippen molar-refractivity contribution >= 4 is 28.9 Å². The maximum Gasteiger partial charge on any atom is 0.159 e. The average molecular weight is 349 g/mol. The van der Waals surface area contributed by atoms with Crippen LogP contribution >= 0.6 is 23.1 Å². The number of hydrogen-bond donors (Lipinski definition) is 0. The number of carbonyl (C=O) groups excluding carboxylic acids is 1. The monoisotopic (exact) mass is 349 g/mol. The van der Waals surface area contributed by atoms with Gasteiger partial charge in [-0.3, -0.25) is 4.79 Å². The summed E-state index contributed by atoms with van der Waals surface area (Å²) in [6.45, 7) is 3.02. The van der Waals surface area contributed by atoms with E-state index in [1.165, 1.54) is 0 Å². The quantitative estimate of drug-likeness (QED) is 0.759. The molecule has 1 aliphatic heterocycles. The van der Waals surface area contributed by atoms with Crippen molar-refractivity contribution in [2.75, 3.05) is 20.3 Å². The summed E-state index contributed by atoms with van der Waals surface area (Å²) in [6, 6.07) is 7.63. The number of Topliss-reactive ketones (excluding diaryl/α,β-unsaturated/α-hetero) is 1. The predicted octanol–water partition coefficient (Wildman–Crippen LogP) is 4.15. The van der Waals surface area contributed by atoms with E-state index in [0.717, 1.165) is 45.7 Å². The van der Waals surface area contributed by atoms with Gasteiger partial charge in [0.15, 0.2) is 10.1 Å². The van der Waals surface area contributed by atoms with Crippen molar-refractivity contribution in [3.8, 4) is 0 Å². The van der Waals surface area contributed by atoms with Crippen LogP contribution in [0.2, 0.25) is 0 Å². The summed E-state index contributed by atoms with van der Waals surface area (Å²) < 4.78 is 12.3. The van der Waals surface area contributed by atoms with Gasteiger partial charge in [-0.05, 0) is 19.1 Å². The lowest BCUT2D eigenvalue weighted by Gasteiger charge is -2.34. The van der Waals surface area contributed by atoms with Gasteiger partial charge < -0.3 is 9.47 Å². The van der Waals surface area contributed by atoms with Crippen LogP contribution in [-0.2, 0) is 15.1 Å². The fourth-order valence-electron chi connectivity index (χ4n) is 2.63. The smallest absolute Gasteiger partial charge is 0.159 e. The first-order valence-electron chi connectivity index (χ1n) is 7.51. The molecule has 0 N–H and O–H groups in total. The normalized spacial score (nSPS) is 17.1. The fraction of sp³-hybridized carbons (Fsp3) is 0.412. The first kappa shape index (κ1) is 16.6. The second-order valence-corrected chi connectivity index (χ2v) is 7.84. The average Bonchev–Trinajstić information content (AvgIpc) is 3.05. The molecule has 0 radical (unpaired) electrons. The zero-order chi connectivity index (χ0) is 16.3. The zero-order valence-electron chi connectivity index (χ0n) is 13.2. The summed E-state index contributed by atoms with van der Waals surface area (Å²) in [5.41, 5.74) is 0.474. The minimum atomic E-state index is -0.257. The third-order valence-electron chi connectivity index (χ3n) is 4.09. The van der Waals surface area contributed by atoms with Gasteiger partial charge in [0.05, 0.1) is 4.88 Å². The molecule has 1 aromatic heterocycles. The van der Waals surface area contributed by atoms with Crippen LogP contribution < -0.4 is 0 Å². The molecule has 3 rings (SSSR count). The van der Waals surface area contributed by atoms with Gasteiger partial charge >= 0.3 is 0 Å². The number of benzene rings is 1. The highest BCUT2D eigenvalue weighted by molar-refractivity contribution is 8.01. The van der Waals surface area contributed by atoms with Gasteiger partial charge in [0.1, 0.15) is 5.60 Å². The van der Waals surface area contributed by atoms with Crippen LogP contribution in [0.5, 0.6) is 0 Å². The minimum absolute atomic E-state index is 0.0830. The number of hydrogen-bond acceptors (Lipinski definition) is 6. The number of methoxy groups -OCH3 is 1. The van der Waals surface area contributed by atoms with E-state index in [0.29, 0.717) is 0 Å². The van der Waals surface area contributed by atoms with Gasteiger partial charge in [-0.2, -0.15) is 0 Å². The second-order valence-electron chi connectivity index (χ2n) is 5.48. The molecule has 122 valence electrons. The van der Waals surface area contributed by atoms with Gasteiger partial charge in [0.25, 0.3) is 0 Å². The molecule has 4 nitrogen and oxygen atoms in total. The molecule has 1 saturated heterocycles.